The van der Waals surface area contributed by atoms with Gasteiger partial charge in [-0.05, 0) is 18.8 Å². The number of likely N-dealkylation sites (tertiary alicyclic amines) is 1. The molecule has 0 radical (unpaired) electrons. The molecule has 1 aliphatic heterocycles. The third-order valence-electron chi connectivity index (χ3n) is 3.97. The van der Waals surface area contributed by atoms with E-state index in [0.717, 1.165) is 24.4 Å². The molecule has 0 bridgehead atoms. The monoisotopic (exact) mass is 298 g/mol. The number of aliphatic imine (C=N–C) groups is 1. The first-order valence-electron chi connectivity index (χ1n) is 7.77. The van der Waals surface area contributed by atoms with E-state index in [0.29, 0.717) is 24.3 Å². The Kier molecular flexibility index (Phi) is 4.42. The number of nitrogens with zero attached hydrogens (tertiary/aromatic N) is 3. The van der Waals surface area contributed by atoms with Gasteiger partial charge in [-0.15, -0.1) is 0 Å². The number of guanidine groups is 1. The van der Waals surface area contributed by atoms with Gasteiger partial charge < -0.3 is 15.1 Å². The van der Waals surface area contributed by atoms with Gasteiger partial charge in [0.25, 0.3) is 0 Å². The van der Waals surface area contributed by atoms with E-state index in [4.69, 9.17) is 10.2 Å². The Labute approximate surface area is 130 Å². The number of piperidine rings is 1. The Hall–Kier alpha value is -2.30. The molecule has 1 aromatic carbocycles. The zero-order chi connectivity index (χ0) is 15.4. The van der Waals surface area contributed by atoms with Crippen molar-refractivity contribution >= 4 is 5.96 Å². The topological polar surface area (TPSA) is 67.7 Å². The second-order valence-electron chi connectivity index (χ2n) is 5.85. The summed E-state index contributed by atoms with van der Waals surface area (Å²) < 4.78 is 5.74. The van der Waals surface area contributed by atoms with Crippen molar-refractivity contribution in [2.75, 3.05) is 13.1 Å². The molecule has 0 amide bonds. The molecule has 0 aliphatic carbocycles. The van der Waals surface area contributed by atoms with Crippen molar-refractivity contribution in [1.82, 2.24) is 9.88 Å². The van der Waals surface area contributed by atoms with E-state index in [1.165, 1.54) is 12.8 Å². The van der Waals surface area contributed by atoms with E-state index in [-0.39, 0.29) is 0 Å². The summed E-state index contributed by atoms with van der Waals surface area (Å²) in [6, 6.07) is 9.93. The number of nitrogens with two attached hydrogens (primary N) is 1. The fourth-order valence-corrected chi connectivity index (χ4v) is 2.77. The summed E-state index contributed by atoms with van der Waals surface area (Å²) in [6.45, 7) is 4.60. The van der Waals surface area contributed by atoms with Crippen LogP contribution < -0.4 is 5.73 Å². The minimum Gasteiger partial charge on any atom is -0.439 e. The Morgan fingerprint density at radius 3 is 3.00 bits per heavy atom. The molecule has 1 saturated heterocycles. The molecule has 2 heterocycles. The minimum absolute atomic E-state index is 0.379. The van der Waals surface area contributed by atoms with Crippen LogP contribution in [0.25, 0.3) is 11.3 Å². The number of benzene rings is 1. The van der Waals surface area contributed by atoms with E-state index in [2.05, 4.69) is 21.8 Å². The van der Waals surface area contributed by atoms with Crippen LogP contribution in [-0.2, 0) is 6.54 Å². The maximum absolute atomic E-state index is 6.08. The Bertz CT molecular complexity index is 635. The van der Waals surface area contributed by atoms with Crippen molar-refractivity contribution in [2.45, 2.75) is 26.3 Å². The number of aromatic nitrogens is 1. The first-order chi connectivity index (χ1) is 10.7. The van der Waals surface area contributed by atoms with Crippen molar-refractivity contribution in [1.29, 1.82) is 0 Å². The summed E-state index contributed by atoms with van der Waals surface area (Å²) in [7, 11) is 0. The average molecular weight is 298 g/mol. The summed E-state index contributed by atoms with van der Waals surface area (Å²) in [4.78, 5) is 10.8. The van der Waals surface area contributed by atoms with Gasteiger partial charge in [0.05, 0.1) is 6.20 Å². The second kappa shape index (κ2) is 6.64. The highest BCUT2D eigenvalue weighted by atomic mass is 16.4. The molecule has 2 N–H and O–H groups in total. The molecular weight excluding hydrogens is 276 g/mol. The third-order valence-corrected chi connectivity index (χ3v) is 3.97. The third kappa shape index (κ3) is 3.47. The lowest BCUT2D eigenvalue weighted by Gasteiger charge is -2.31. The molecule has 2 aromatic rings. The van der Waals surface area contributed by atoms with Crippen molar-refractivity contribution in [3.8, 4) is 11.3 Å². The fraction of sp³-hybridized carbons (Fsp3) is 0.412. The van der Waals surface area contributed by atoms with Crippen LogP contribution in [0.5, 0.6) is 0 Å². The molecule has 3 rings (SSSR count). The highest BCUT2D eigenvalue weighted by Crippen LogP contribution is 2.20. The van der Waals surface area contributed by atoms with Crippen LogP contribution in [0.15, 0.2) is 45.9 Å². The van der Waals surface area contributed by atoms with Crippen LogP contribution in [0.4, 0.5) is 0 Å². The summed E-state index contributed by atoms with van der Waals surface area (Å²) in [5, 5.41) is 0. The number of oxazole rings is 1. The summed E-state index contributed by atoms with van der Waals surface area (Å²) in [5.74, 6) is 2.61. The van der Waals surface area contributed by atoms with Gasteiger partial charge in [0, 0.05) is 18.7 Å². The summed E-state index contributed by atoms with van der Waals surface area (Å²) in [6.07, 6.45) is 4.18. The van der Waals surface area contributed by atoms with Gasteiger partial charge in [-0.25, -0.2) is 9.98 Å². The molecule has 116 valence electrons. The minimum atomic E-state index is 0.379. The smallest absolute Gasteiger partial charge is 0.216 e. The van der Waals surface area contributed by atoms with Gasteiger partial charge in [0.1, 0.15) is 6.54 Å². The lowest BCUT2D eigenvalue weighted by Crippen LogP contribution is -2.43. The zero-order valence-electron chi connectivity index (χ0n) is 12.9. The van der Waals surface area contributed by atoms with Crippen molar-refractivity contribution < 1.29 is 4.42 Å². The molecule has 0 spiro atoms. The average Bonchev–Trinajstić information content (AvgIpc) is 3.02. The summed E-state index contributed by atoms with van der Waals surface area (Å²) >= 11 is 0. The largest absolute Gasteiger partial charge is 0.439 e. The molecule has 5 nitrogen and oxygen atoms in total. The van der Waals surface area contributed by atoms with Gasteiger partial charge >= 0.3 is 0 Å². The number of hydrogen-bond donors (Lipinski definition) is 1. The lowest BCUT2D eigenvalue weighted by molar-refractivity contribution is 0.270. The Morgan fingerprint density at radius 2 is 2.23 bits per heavy atom. The van der Waals surface area contributed by atoms with Crippen LogP contribution in [0.1, 0.15) is 25.7 Å². The van der Waals surface area contributed by atoms with Gasteiger partial charge in [-0.2, -0.15) is 0 Å². The zero-order valence-corrected chi connectivity index (χ0v) is 12.9. The Morgan fingerprint density at radius 1 is 1.41 bits per heavy atom. The van der Waals surface area contributed by atoms with Crippen molar-refractivity contribution in [3.05, 3.63) is 42.4 Å². The Balaban J connectivity index is 1.64. The molecule has 22 heavy (non-hydrogen) atoms. The summed E-state index contributed by atoms with van der Waals surface area (Å²) in [5.41, 5.74) is 7.10. The maximum Gasteiger partial charge on any atom is 0.216 e. The van der Waals surface area contributed by atoms with Crippen LogP contribution in [0.2, 0.25) is 0 Å². The highest BCUT2D eigenvalue weighted by molar-refractivity contribution is 5.78. The fourth-order valence-electron chi connectivity index (χ4n) is 2.77. The van der Waals surface area contributed by atoms with Crippen LogP contribution in [0.3, 0.4) is 0 Å². The van der Waals surface area contributed by atoms with Crippen molar-refractivity contribution in [2.24, 2.45) is 16.6 Å². The molecule has 1 unspecified atom stereocenters. The highest BCUT2D eigenvalue weighted by Gasteiger charge is 2.17. The lowest BCUT2D eigenvalue weighted by atomic mass is 10.0. The van der Waals surface area contributed by atoms with Gasteiger partial charge in [-0.3, -0.25) is 0 Å². The molecule has 5 heteroatoms. The van der Waals surface area contributed by atoms with Gasteiger partial charge in [-0.1, -0.05) is 37.3 Å². The van der Waals surface area contributed by atoms with Crippen molar-refractivity contribution in [3.63, 3.8) is 0 Å². The predicted molar refractivity (Wildman–Crippen MR) is 87.2 cm³/mol. The first kappa shape index (κ1) is 14.6. The van der Waals surface area contributed by atoms with Crippen LogP contribution in [0, 0.1) is 5.92 Å². The molecule has 0 saturated carbocycles. The van der Waals surface area contributed by atoms with Crippen LogP contribution >= 0.6 is 0 Å². The molecule has 1 aromatic heterocycles. The van der Waals surface area contributed by atoms with E-state index in [1.807, 2.05) is 30.3 Å². The SMILES string of the molecule is CC1CCCN(C(N)=NCc2ncc(-c3ccccc3)o2)C1. The van der Waals surface area contributed by atoms with Gasteiger partial charge in [0.2, 0.25) is 5.89 Å². The quantitative estimate of drug-likeness (QED) is 0.699. The van der Waals surface area contributed by atoms with E-state index in [9.17, 15) is 0 Å². The first-order valence-corrected chi connectivity index (χ1v) is 7.77. The molecular formula is C17H22N4O. The number of rotatable bonds is 3. The van der Waals surface area contributed by atoms with E-state index in [1.54, 1.807) is 6.20 Å². The van der Waals surface area contributed by atoms with E-state index < -0.39 is 0 Å². The molecule has 1 atom stereocenters. The predicted octanol–water partition coefficient (Wildman–Crippen LogP) is 2.89. The normalized spacial score (nSPS) is 19.4. The molecule has 1 aliphatic rings. The van der Waals surface area contributed by atoms with Gasteiger partial charge in [0.15, 0.2) is 11.7 Å². The van der Waals surface area contributed by atoms with Crippen LogP contribution in [-0.4, -0.2) is 28.9 Å². The number of hydrogen-bond acceptors (Lipinski definition) is 3. The van der Waals surface area contributed by atoms with E-state index >= 15 is 0 Å². The maximum atomic E-state index is 6.08. The second-order valence-corrected chi connectivity index (χ2v) is 5.85. The molecule has 1 fully saturated rings. The standard InChI is InChI=1S/C17H22N4O/c1-13-6-5-9-21(12-13)17(18)20-11-16-19-10-15(22-16)14-7-3-2-4-8-14/h2-4,7-8,10,13H,5-6,9,11-12H2,1H3,(H2,18,20).